The van der Waals surface area contributed by atoms with Gasteiger partial charge in [-0.25, -0.2) is 4.79 Å². The highest BCUT2D eigenvalue weighted by atomic mass is 79.9. The molecule has 0 bridgehead atoms. The molecule has 118 valence electrons. The lowest BCUT2D eigenvalue weighted by molar-refractivity contribution is -0.129. The van der Waals surface area contributed by atoms with Crippen molar-refractivity contribution in [3.8, 4) is 5.75 Å². The van der Waals surface area contributed by atoms with Gasteiger partial charge in [0.2, 0.25) is 0 Å². The van der Waals surface area contributed by atoms with Gasteiger partial charge < -0.3 is 9.64 Å². The quantitative estimate of drug-likeness (QED) is 0.770. The van der Waals surface area contributed by atoms with E-state index in [1.165, 1.54) is 4.90 Å². The number of carbonyl (C=O) groups excluding carboxylic acids is 2. The summed E-state index contributed by atoms with van der Waals surface area (Å²) in [6, 6.07) is 4.93. The van der Waals surface area contributed by atoms with E-state index in [0.29, 0.717) is 19.6 Å². The summed E-state index contributed by atoms with van der Waals surface area (Å²) in [6.07, 6.45) is 1.47. The van der Waals surface area contributed by atoms with Crippen LogP contribution < -0.4 is 4.74 Å². The number of nitrogens with zero attached hydrogens (tertiary/aromatic N) is 2. The van der Waals surface area contributed by atoms with Crippen molar-refractivity contribution in [2.45, 2.75) is 38.8 Å². The average molecular weight is 367 g/mol. The zero-order valence-corrected chi connectivity index (χ0v) is 14.3. The largest absolute Gasteiger partial charge is 0.492 e. The van der Waals surface area contributed by atoms with Crippen LogP contribution in [0.5, 0.6) is 5.75 Å². The summed E-state index contributed by atoms with van der Waals surface area (Å²) in [5.41, 5.74) is 0.896. The van der Waals surface area contributed by atoms with E-state index in [1.807, 2.05) is 25.1 Å². The van der Waals surface area contributed by atoms with E-state index in [4.69, 9.17) is 4.74 Å². The Morgan fingerprint density at radius 1 is 1.36 bits per heavy atom. The molecule has 0 aliphatic carbocycles. The van der Waals surface area contributed by atoms with Crippen molar-refractivity contribution < 1.29 is 14.3 Å². The van der Waals surface area contributed by atoms with Gasteiger partial charge in [-0.05, 0) is 35.3 Å². The third-order valence-corrected chi connectivity index (χ3v) is 4.91. The lowest BCUT2D eigenvalue weighted by Gasteiger charge is -2.32. The van der Waals surface area contributed by atoms with Crippen molar-refractivity contribution in [3.63, 3.8) is 0 Å². The molecule has 2 aliphatic rings. The summed E-state index contributed by atoms with van der Waals surface area (Å²) in [4.78, 5) is 28.4. The van der Waals surface area contributed by atoms with Crippen LogP contribution in [0.3, 0.4) is 0 Å². The summed E-state index contributed by atoms with van der Waals surface area (Å²) in [7, 11) is 0. The van der Waals surface area contributed by atoms with Crippen LogP contribution in [0.4, 0.5) is 4.79 Å². The Bertz CT molecular complexity index is 619. The molecule has 22 heavy (non-hydrogen) atoms. The van der Waals surface area contributed by atoms with Crippen molar-refractivity contribution in [1.82, 2.24) is 9.80 Å². The molecular weight excluding hydrogens is 348 g/mol. The van der Waals surface area contributed by atoms with Gasteiger partial charge in [-0.2, -0.15) is 0 Å². The second kappa shape index (κ2) is 5.91. The number of para-hydroxylation sites is 1. The highest BCUT2D eigenvalue weighted by Crippen LogP contribution is 2.42. The second-order valence-electron chi connectivity index (χ2n) is 5.67. The maximum absolute atomic E-state index is 12.7. The first-order valence-corrected chi connectivity index (χ1v) is 8.40. The topological polar surface area (TPSA) is 49.9 Å². The molecule has 3 amide bonds. The molecule has 1 aromatic rings. The van der Waals surface area contributed by atoms with Crippen LogP contribution in [-0.2, 0) is 4.79 Å². The highest BCUT2D eigenvalue weighted by molar-refractivity contribution is 9.10. The van der Waals surface area contributed by atoms with Gasteiger partial charge in [0.1, 0.15) is 11.8 Å². The van der Waals surface area contributed by atoms with Crippen molar-refractivity contribution >= 4 is 27.9 Å². The molecule has 3 rings (SSSR count). The van der Waals surface area contributed by atoms with Gasteiger partial charge in [0.05, 0.1) is 17.1 Å². The minimum absolute atomic E-state index is 0.115. The van der Waals surface area contributed by atoms with Gasteiger partial charge in [-0.1, -0.05) is 19.1 Å². The Morgan fingerprint density at radius 2 is 2.14 bits per heavy atom. The number of amides is 3. The molecule has 2 heterocycles. The predicted molar refractivity (Wildman–Crippen MR) is 85.7 cm³/mol. The molecule has 0 N–H and O–H groups in total. The molecule has 0 unspecified atom stereocenters. The molecule has 6 heteroatoms. The fourth-order valence-electron chi connectivity index (χ4n) is 3.19. The lowest BCUT2D eigenvalue weighted by Crippen LogP contribution is -2.38. The fourth-order valence-corrected chi connectivity index (χ4v) is 3.68. The van der Waals surface area contributed by atoms with E-state index in [2.05, 4.69) is 15.9 Å². The first-order valence-electron chi connectivity index (χ1n) is 7.61. The number of benzene rings is 1. The van der Waals surface area contributed by atoms with E-state index in [1.54, 1.807) is 11.8 Å². The number of halogens is 1. The Labute approximate surface area is 138 Å². The van der Waals surface area contributed by atoms with E-state index in [0.717, 1.165) is 22.2 Å². The van der Waals surface area contributed by atoms with Gasteiger partial charge >= 0.3 is 6.03 Å². The molecular formula is C16H19BrN2O3. The molecule has 1 fully saturated rings. The van der Waals surface area contributed by atoms with Crippen LogP contribution in [-0.4, -0.2) is 40.9 Å². The third-order valence-electron chi connectivity index (χ3n) is 4.28. The van der Waals surface area contributed by atoms with Crippen molar-refractivity contribution in [3.05, 3.63) is 28.2 Å². The summed E-state index contributed by atoms with van der Waals surface area (Å²) >= 11 is 3.47. The maximum atomic E-state index is 12.7. The zero-order valence-electron chi connectivity index (χ0n) is 12.7. The average Bonchev–Trinajstić information content (AvgIpc) is 2.72. The van der Waals surface area contributed by atoms with Crippen molar-refractivity contribution in [2.24, 2.45) is 0 Å². The van der Waals surface area contributed by atoms with Gasteiger partial charge in [-0.3, -0.25) is 9.69 Å². The molecule has 0 spiro atoms. The van der Waals surface area contributed by atoms with Crippen LogP contribution in [0.25, 0.3) is 0 Å². The number of urea groups is 1. The number of imide groups is 1. The first kappa shape index (κ1) is 15.3. The van der Waals surface area contributed by atoms with E-state index < -0.39 is 0 Å². The molecule has 2 aliphatic heterocycles. The molecule has 1 saturated heterocycles. The summed E-state index contributed by atoms with van der Waals surface area (Å²) in [6.45, 7) is 4.92. The lowest BCUT2D eigenvalue weighted by atomic mass is 9.99. The predicted octanol–water partition coefficient (Wildman–Crippen LogP) is 3.34. The molecule has 0 saturated carbocycles. The van der Waals surface area contributed by atoms with Gasteiger partial charge in [0.25, 0.3) is 5.91 Å². The summed E-state index contributed by atoms with van der Waals surface area (Å²) in [5.74, 6) is 0.622. The number of hydrogen-bond donors (Lipinski definition) is 0. The monoisotopic (exact) mass is 366 g/mol. The van der Waals surface area contributed by atoms with Crippen LogP contribution in [0.15, 0.2) is 22.7 Å². The van der Waals surface area contributed by atoms with Gasteiger partial charge in [0, 0.05) is 18.5 Å². The Morgan fingerprint density at radius 3 is 2.86 bits per heavy atom. The van der Waals surface area contributed by atoms with E-state index in [9.17, 15) is 9.59 Å². The van der Waals surface area contributed by atoms with Crippen LogP contribution in [0.1, 0.15) is 38.3 Å². The smallest absolute Gasteiger partial charge is 0.328 e. The number of hydrogen-bond acceptors (Lipinski definition) is 3. The van der Waals surface area contributed by atoms with Crippen LogP contribution >= 0.6 is 15.9 Å². The van der Waals surface area contributed by atoms with Crippen molar-refractivity contribution in [1.29, 1.82) is 0 Å². The third kappa shape index (κ3) is 2.29. The van der Waals surface area contributed by atoms with Gasteiger partial charge in [0.15, 0.2) is 0 Å². The van der Waals surface area contributed by atoms with Crippen molar-refractivity contribution in [2.75, 3.05) is 13.2 Å². The van der Waals surface area contributed by atoms with Crippen LogP contribution in [0, 0.1) is 0 Å². The number of ether oxygens (including phenoxy) is 1. The molecule has 2 atom stereocenters. The Kier molecular flexibility index (Phi) is 4.12. The fraction of sp³-hybridized carbons (Fsp3) is 0.500. The molecule has 5 nitrogen and oxygen atoms in total. The first-order chi connectivity index (χ1) is 10.6. The zero-order chi connectivity index (χ0) is 15.9. The SMILES string of the molecule is CCCN1C(=O)N([C@H]2CCOc3c(Br)cccc32)C(=O)[C@H]1C. The summed E-state index contributed by atoms with van der Waals surface area (Å²) in [5, 5.41) is 0. The normalized spacial score (nSPS) is 24.5. The molecule has 1 aromatic carbocycles. The number of carbonyl (C=O) groups is 2. The number of fused-ring (bicyclic) bond motifs is 1. The Balaban J connectivity index is 1.97. The minimum Gasteiger partial charge on any atom is -0.492 e. The molecule has 0 radical (unpaired) electrons. The number of rotatable bonds is 3. The van der Waals surface area contributed by atoms with Crippen LogP contribution in [0.2, 0.25) is 0 Å². The van der Waals surface area contributed by atoms with E-state index >= 15 is 0 Å². The highest BCUT2D eigenvalue weighted by Gasteiger charge is 2.47. The standard InChI is InChI=1S/C16H19BrN2O3/c1-3-8-18-10(2)15(20)19(16(18)21)13-7-9-22-14-11(13)5-4-6-12(14)17/h4-6,10,13H,3,7-9H2,1-2H3/t10-,13+/m1/s1. The minimum atomic E-state index is -0.383. The molecule has 0 aromatic heterocycles. The summed E-state index contributed by atoms with van der Waals surface area (Å²) < 4.78 is 6.56. The Hall–Kier alpha value is -1.56. The second-order valence-corrected chi connectivity index (χ2v) is 6.53. The van der Waals surface area contributed by atoms with Gasteiger partial charge in [-0.15, -0.1) is 0 Å². The maximum Gasteiger partial charge on any atom is 0.328 e. The van der Waals surface area contributed by atoms with E-state index in [-0.39, 0.29) is 24.0 Å².